The Bertz CT molecular complexity index is 680. The molecule has 0 aliphatic carbocycles. The highest BCUT2D eigenvalue weighted by molar-refractivity contribution is 6.30. The summed E-state index contributed by atoms with van der Waals surface area (Å²) in [6.07, 6.45) is 2.39. The van der Waals surface area contributed by atoms with Crippen LogP contribution in [0.5, 0.6) is 0 Å². The second-order valence-corrected chi connectivity index (χ2v) is 6.74. The van der Waals surface area contributed by atoms with Crippen molar-refractivity contribution in [1.29, 1.82) is 0 Å². The summed E-state index contributed by atoms with van der Waals surface area (Å²) < 4.78 is 5.24. The Hall–Kier alpha value is -2.04. The molecule has 0 radical (unpaired) electrons. The van der Waals surface area contributed by atoms with Crippen LogP contribution in [-0.4, -0.2) is 25.8 Å². The van der Waals surface area contributed by atoms with E-state index >= 15 is 0 Å². The standard InChI is InChI=1S/C20H23ClN2O2/c21-18-7-3-15(4-8-18)2-1-13-25-20(24)23-19-9-5-16(6-10-19)17-11-12-22-14-17/h3-10,17,22H,1-2,11-14H2,(H,23,24)/t17-/m0/s1. The van der Waals surface area contributed by atoms with E-state index in [0.29, 0.717) is 12.5 Å². The number of carbonyl (C=O) groups is 1. The van der Waals surface area contributed by atoms with Gasteiger partial charge in [-0.25, -0.2) is 4.79 Å². The fourth-order valence-corrected chi connectivity index (χ4v) is 3.15. The van der Waals surface area contributed by atoms with Crippen LogP contribution in [0.4, 0.5) is 10.5 Å². The first-order valence-corrected chi connectivity index (χ1v) is 9.07. The van der Waals surface area contributed by atoms with Crippen LogP contribution in [-0.2, 0) is 11.2 Å². The van der Waals surface area contributed by atoms with Gasteiger partial charge in [0, 0.05) is 17.3 Å². The first kappa shape index (κ1) is 17.8. The molecular formula is C20H23ClN2O2. The highest BCUT2D eigenvalue weighted by atomic mass is 35.5. The lowest BCUT2D eigenvalue weighted by molar-refractivity contribution is 0.160. The van der Waals surface area contributed by atoms with Gasteiger partial charge in [0.05, 0.1) is 6.61 Å². The molecule has 2 aromatic rings. The number of amides is 1. The smallest absolute Gasteiger partial charge is 0.411 e. The summed E-state index contributed by atoms with van der Waals surface area (Å²) in [7, 11) is 0. The minimum Gasteiger partial charge on any atom is -0.449 e. The van der Waals surface area contributed by atoms with Crippen molar-refractivity contribution in [3.8, 4) is 0 Å². The molecule has 0 spiro atoms. The summed E-state index contributed by atoms with van der Waals surface area (Å²) in [6, 6.07) is 15.7. The monoisotopic (exact) mass is 358 g/mol. The quantitative estimate of drug-likeness (QED) is 0.742. The third-order valence-corrected chi connectivity index (χ3v) is 4.70. The van der Waals surface area contributed by atoms with E-state index in [1.165, 1.54) is 17.5 Å². The third-order valence-electron chi connectivity index (χ3n) is 4.45. The first-order valence-electron chi connectivity index (χ1n) is 8.69. The number of rotatable bonds is 6. The molecule has 2 N–H and O–H groups in total. The molecule has 1 fully saturated rings. The van der Waals surface area contributed by atoms with Gasteiger partial charge in [0.25, 0.3) is 0 Å². The second kappa shape index (κ2) is 8.88. The van der Waals surface area contributed by atoms with Gasteiger partial charge < -0.3 is 10.1 Å². The predicted octanol–water partition coefficient (Wildman–Crippen LogP) is 4.60. The highest BCUT2D eigenvalue weighted by Gasteiger charge is 2.16. The van der Waals surface area contributed by atoms with Gasteiger partial charge in [-0.1, -0.05) is 35.9 Å². The van der Waals surface area contributed by atoms with Crippen molar-refractivity contribution in [2.75, 3.05) is 25.0 Å². The number of nitrogens with one attached hydrogen (secondary N) is 2. The van der Waals surface area contributed by atoms with E-state index < -0.39 is 6.09 Å². The van der Waals surface area contributed by atoms with Crippen molar-refractivity contribution in [3.05, 3.63) is 64.7 Å². The molecule has 1 aliphatic rings. The van der Waals surface area contributed by atoms with Gasteiger partial charge in [-0.3, -0.25) is 5.32 Å². The van der Waals surface area contributed by atoms with E-state index in [1.807, 2.05) is 36.4 Å². The summed E-state index contributed by atoms with van der Waals surface area (Å²) >= 11 is 5.86. The molecule has 132 valence electrons. The van der Waals surface area contributed by atoms with Crippen molar-refractivity contribution < 1.29 is 9.53 Å². The van der Waals surface area contributed by atoms with Gasteiger partial charge in [0.2, 0.25) is 0 Å². The zero-order valence-electron chi connectivity index (χ0n) is 14.1. The summed E-state index contributed by atoms with van der Waals surface area (Å²) in [5.41, 5.74) is 3.26. The van der Waals surface area contributed by atoms with Gasteiger partial charge in [0.15, 0.2) is 0 Å². The molecular weight excluding hydrogens is 336 g/mol. The Morgan fingerprint density at radius 2 is 1.92 bits per heavy atom. The van der Waals surface area contributed by atoms with Gasteiger partial charge in [-0.05, 0) is 67.1 Å². The second-order valence-electron chi connectivity index (χ2n) is 6.30. The minimum atomic E-state index is -0.411. The highest BCUT2D eigenvalue weighted by Crippen LogP contribution is 2.23. The maximum Gasteiger partial charge on any atom is 0.411 e. The maximum absolute atomic E-state index is 11.8. The van der Waals surface area contributed by atoms with Crippen LogP contribution in [0.2, 0.25) is 5.02 Å². The normalized spacial score (nSPS) is 16.6. The predicted molar refractivity (Wildman–Crippen MR) is 101 cm³/mol. The average Bonchev–Trinajstić information content (AvgIpc) is 3.15. The number of halogens is 1. The average molecular weight is 359 g/mol. The van der Waals surface area contributed by atoms with E-state index in [0.717, 1.165) is 36.6 Å². The van der Waals surface area contributed by atoms with E-state index in [1.54, 1.807) is 0 Å². The zero-order valence-corrected chi connectivity index (χ0v) is 14.9. The molecule has 1 amide bonds. The summed E-state index contributed by atoms with van der Waals surface area (Å²) in [6.45, 7) is 2.50. The van der Waals surface area contributed by atoms with Crippen molar-refractivity contribution in [2.45, 2.75) is 25.2 Å². The Morgan fingerprint density at radius 3 is 2.60 bits per heavy atom. The van der Waals surface area contributed by atoms with Crippen molar-refractivity contribution in [2.24, 2.45) is 0 Å². The number of hydrogen-bond acceptors (Lipinski definition) is 3. The largest absolute Gasteiger partial charge is 0.449 e. The molecule has 0 bridgehead atoms. The van der Waals surface area contributed by atoms with Gasteiger partial charge in [0.1, 0.15) is 0 Å². The van der Waals surface area contributed by atoms with E-state index in [4.69, 9.17) is 16.3 Å². The van der Waals surface area contributed by atoms with Crippen molar-refractivity contribution in [3.63, 3.8) is 0 Å². The Labute approximate surface area is 153 Å². The fraction of sp³-hybridized carbons (Fsp3) is 0.350. The Kier molecular flexibility index (Phi) is 6.31. The number of anilines is 1. The Balaban J connectivity index is 1.37. The molecule has 1 aliphatic heterocycles. The molecule has 25 heavy (non-hydrogen) atoms. The number of hydrogen-bond donors (Lipinski definition) is 2. The summed E-state index contributed by atoms with van der Waals surface area (Å²) in [4.78, 5) is 11.8. The van der Waals surface area contributed by atoms with Crippen molar-refractivity contribution >= 4 is 23.4 Å². The fourth-order valence-electron chi connectivity index (χ4n) is 3.02. The molecule has 3 rings (SSSR count). The third kappa shape index (κ3) is 5.48. The summed E-state index contributed by atoms with van der Waals surface area (Å²) in [5, 5.41) is 6.87. The van der Waals surface area contributed by atoms with Crippen LogP contribution >= 0.6 is 11.6 Å². The number of ether oxygens (including phenoxy) is 1. The van der Waals surface area contributed by atoms with E-state index in [9.17, 15) is 4.79 Å². The molecule has 0 unspecified atom stereocenters. The molecule has 5 heteroatoms. The lowest BCUT2D eigenvalue weighted by Gasteiger charge is -2.11. The van der Waals surface area contributed by atoms with Crippen LogP contribution in [0.15, 0.2) is 48.5 Å². The molecule has 1 heterocycles. The van der Waals surface area contributed by atoms with Crippen molar-refractivity contribution in [1.82, 2.24) is 5.32 Å². The maximum atomic E-state index is 11.8. The van der Waals surface area contributed by atoms with Crippen LogP contribution in [0, 0.1) is 0 Å². The SMILES string of the molecule is O=C(Nc1ccc([C@H]2CCNC2)cc1)OCCCc1ccc(Cl)cc1. The molecule has 1 atom stereocenters. The zero-order chi connectivity index (χ0) is 17.5. The summed E-state index contributed by atoms with van der Waals surface area (Å²) in [5.74, 6) is 0.578. The molecule has 0 saturated carbocycles. The number of carbonyl (C=O) groups excluding carboxylic acids is 1. The van der Waals surface area contributed by atoms with Crippen LogP contribution < -0.4 is 10.6 Å². The molecule has 0 aromatic heterocycles. The topological polar surface area (TPSA) is 50.4 Å². The van der Waals surface area contributed by atoms with Crippen LogP contribution in [0.3, 0.4) is 0 Å². The first-order chi connectivity index (χ1) is 12.2. The lowest BCUT2D eigenvalue weighted by atomic mass is 9.98. The van der Waals surface area contributed by atoms with Crippen LogP contribution in [0.1, 0.15) is 29.9 Å². The molecule has 1 saturated heterocycles. The number of benzene rings is 2. The van der Waals surface area contributed by atoms with Gasteiger partial charge in [-0.15, -0.1) is 0 Å². The minimum absolute atomic E-state index is 0.389. The Morgan fingerprint density at radius 1 is 1.16 bits per heavy atom. The van der Waals surface area contributed by atoms with E-state index in [-0.39, 0.29) is 0 Å². The number of aryl methyl sites for hydroxylation is 1. The lowest BCUT2D eigenvalue weighted by Crippen LogP contribution is -2.14. The molecule has 2 aromatic carbocycles. The van der Waals surface area contributed by atoms with Gasteiger partial charge in [-0.2, -0.15) is 0 Å². The van der Waals surface area contributed by atoms with Gasteiger partial charge >= 0.3 is 6.09 Å². The van der Waals surface area contributed by atoms with E-state index in [2.05, 4.69) is 22.8 Å². The van der Waals surface area contributed by atoms with Crippen LogP contribution in [0.25, 0.3) is 0 Å². The molecule has 4 nitrogen and oxygen atoms in total.